The summed E-state index contributed by atoms with van der Waals surface area (Å²) in [5, 5.41) is 13.0. The lowest BCUT2D eigenvalue weighted by Crippen LogP contribution is -2.36. The normalized spacial score (nSPS) is 14.0. The van der Waals surface area contributed by atoms with E-state index in [0.717, 1.165) is 27.8 Å². The predicted octanol–water partition coefficient (Wildman–Crippen LogP) is 6.32. The molecule has 12 heteroatoms. The van der Waals surface area contributed by atoms with Crippen molar-refractivity contribution >= 4 is 62.2 Å². The maximum absolute atomic E-state index is 13.0. The van der Waals surface area contributed by atoms with Gasteiger partial charge in [0.25, 0.3) is 16.8 Å². The number of ether oxygens (including phenoxy) is 2. The van der Waals surface area contributed by atoms with Crippen molar-refractivity contribution in [2.75, 3.05) is 18.5 Å². The van der Waals surface area contributed by atoms with Crippen LogP contribution in [0.3, 0.4) is 0 Å². The summed E-state index contributed by atoms with van der Waals surface area (Å²) in [6, 6.07) is 16.6. The highest BCUT2D eigenvalue weighted by Gasteiger charge is 2.36. The second-order valence-electron chi connectivity index (χ2n) is 8.66. The third-order valence-electron chi connectivity index (χ3n) is 5.64. The van der Waals surface area contributed by atoms with Crippen LogP contribution in [0.2, 0.25) is 0 Å². The molecule has 1 saturated heterocycles. The fourth-order valence-corrected chi connectivity index (χ4v) is 5.21. The number of non-ortho nitro benzene ring substituents is 1. The maximum Gasteiger partial charge on any atom is 0.294 e. The molecule has 1 N–H and O–H groups in total. The Morgan fingerprint density at radius 2 is 1.88 bits per heavy atom. The Morgan fingerprint density at radius 3 is 2.55 bits per heavy atom. The Morgan fingerprint density at radius 1 is 1.12 bits per heavy atom. The maximum atomic E-state index is 13.0. The monoisotopic (exact) mass is 625 g/mol. The van der Waals surface area contributed by atoms with Crippen LogP contribution in [0.5, 0.6) is 11.5 Å². The third kappa shape index (κ3) is 7.07. The van der Waals surface area contributed by atoms with E-state index in [4.69, 9.17) is 9.47 Å². The number of carbonyl (C=O) groups excluding carboxylic acids is 3. The molecule has 10 nitrogen and oxygen atoms in total. The molecule has 0 radical (unpaired) electrons. The number of aryl methyl sites for hydroxylation is 1. The van der Waals surface area contributed by atoms with Gasteiger partial charge in [-0.05, 0) is 101 Å². The van der Waals surface area contributed by atoms with E-state index in [2.05, 4.69) is 21.2 Å². The number of imide groups is 1. The molecule has 0 aliphatic carbocycles. The van der Waals surface area contributed by atoms with Gasteiger partial charge < -0.3 is 14.8 Å². The number of nitro groups is 1. The summed E-state index contributed by atoms with van der Waals surface area (Å²) >= 11 is 4.23. The molecule has 1 heterocycles. The third-order valence-corrected chi connectivity index (χ3v) is 7.13. The van der Waals surface area contributed by atoms with Crippen LogP contribution in [0.1, 0.15) is 23.6 Å². The number of nitrogens with zero attached hydrogens (tertiary/aromatic N) is 2. The lowest BCUT2D eigenvalue weighted by atomic mass is 10.1. The van der Waals surface area contributed by atoms with E-state index in [1.807, 2.05) is 19.9 Å². The molecule has 0 atom stereocenters. The Hall–Kier alpha value is -4.16. The van der Waals surface area contributed by atoms with Gasteiger partial charge in [0, 0.05) is 17.8 Å². The van der Waals surface area contributed by atoms with Crippen molar-refractivity contribution in [1.29, 1.82) is 0 Å². The Labute approximate surface area is 242 Å². The first-order valence-electron chi connectivity index (χ1n) is 12.1. The molecule has 3 aromatic carbocycles. The van der Waals surface area contributed by atoms with E-state index in [0.29, 0.717) is 33.8 Å². The van der Waals surface area contributed by atoms with Crippen LogP contribution in [0, 0.1) is 17.0 Å². The van der Waals surface area contributed by atoms with Gasteiger partial charge in [-0.1, -0.05) is 12.1 Å². The summed E-state index contributed by atoms with van der Waals surface area (Å²) in [5.41, 5.74) is 2.83. The summed E-state index contributed by atoms with van der Waals surface area (Å²) in [5.74, 6) is -0.230. The fraction of sp³-hybridized carbons (Fsp3) is 0.179. The number of halogens is 1. The van der Waals surface area contributed by atoms with Gasteiger partial charge in [-0.25, -0.2) is 0 Å². The van der Waals surface area contributed by atoms with Gasteiger partial charge in [0.1, 0.15) is 13.2 Å². The summed E-state index contributed by atoms with van der Waals surface area (Å²) in [6.07, 6.45) is 1.55. The standard InChI is InChI=1S/C28H24BrN3O7S/c1-3-38-23-13-19(12-22(29)26(23)39-16-18-7-9-21(10-8-18)32(36)37)14-24-27(34)31(28(35)40-24)15-25(33)30-20-6-4-5-17(2)11-20/h4-14H,3,15-16H2,1-2H3,(H,30,33)/b24-14+. The van der Waals surface area contributed by atoms with Crippen LogP contribution in [-0.2, 0) is 16.2 Å². The second kappa shape index (κ2) is 12.8. The van der Waals surface area contributed by atoms with Gasteiger partial charge in [-0.3, -0.25) is 29.4 Å². The molecule has 40 heavy (non-hydrogen) atoms. The molecule has 1 fully saturated rings. The largest absolute Gasteiger partial charge is 0.490 e. The first-order valence-corrected chi connectivity index (χ1v) is 13.7. The second-order valence-corrected chi connectivity index (χ2v) is 10.5. The fourth-order valence-electron chi connectivity index (χ4n) is 3.80. The van der Waals surface area contributed by atoms with Crippen molar-refractivity contribution < 1.29 is 28.8 Å². The molecule has 0 unspecified atom stereocenters. The molecule has 0 saturated carbocycles. The minimum atomic E-state index is -0.568. The highest BCUT2D eigenvalue weighted by Crippen LogP contribution is 2.39. The molecule has 4 rings (SSSR count). The smallest absolute Gasteiger partial charge is 0.294 e. The molecular weight excluding hydrogens is 602 g/mol. The molecule has 3 aromatic rings. The van der Waals surface area contributed by atoms with Gasteiger partial charge >= 0.3 is 0 Å². The van der Waals surface area contributed by atoms with Crippen molar-refractivity contribution in [3.8, 4) is 11.5 Å². The molecule has 206 valence electrons. The topological polar surface area (TPSA) is 128 Å². The van der Waals surface area contributed by atoms with Gasteiger partial charge in [0.15, 0.2) is 11.5 Å². The van der Waals surface area contributed by atoms with E-state index in [1.54, 1.807) is 48.5 Å². The quantitative estimate of drug-likeness (QED) is 0.157. The number of benzene rings is 3. The van der Waals surface area contributed by atoms with E-state index >= 15 is 0 Å². The lowest BCUT2D eigenvalue weighted by molar-refractivity contribution is -0.384. The average molecular weight is 626 g/mol. The van der Waals surface area contributed by atoms with Crippen molar-refractivity contribution in [3.05, 3.63) is 96.8 Å². The van der Waals surface area contributed by atoms with Crippen LogP contribution < -0.4 is 14.8 Å². The Balaban J connectivity index is 1.48. The van der Waals surface area contributed by atoms with E-state index in [-0.39, 0.29) is 17.2 Å². The number of carbonyl (C=O) groups is 3. The van der Waals surface area contributed by atoms with Crippen LogP contribution in [0.15, 0.2) is 70.0 Å². The number of hydrogen-bond donors (Lipinski definition) is 1. The van der Waals surface area contributed by atoms with Crippen LogP contribution >= 0.6 is 27.7 Å². The van der Waals surface area contributed by atoms with Crippen LogP contribution in [0.25, 0.3) is 6.08 Å². The summed E-state index contributed by atoms with van der Waals surface area (Å²) in [7, 11) is 0. The first-order chi connectivity index (χ1) is 19.1. The molecule has 0 spiro atoms. The minimum absolute atomic E-state index is 0.0133. The summed E-state index contributed by atoms with van der Waals surface area (Å²) < 4.78 is 12.2. The highest BCUT2D eigenvalue weighted by atomic mass is 79.9. The number of thioether (sulfide) groups is 1. The molecular formula is C28H24BrN3O7S. The zero-order chi connectivity index (χ0) is 28.8. The van der Waals surface area contributed by atoms with Gasteiger partial charge in [0.2, 0.25) is 5.91 Å². The first kappa shape index (κ1) is 28.8. The van der Waals surface area contributed by atoms with Gasteiger partial charge in [0.05, 0.1) is 20.9 Å². The van der Waals surface area contributed by atoms with Crippen LogP contribution in [0.4, 0.5) is 16.2 Å². The molecule has 3 amide bonds. The highest BCUT2D eigenvalue weighted by molar-refractivity contribution is 9.10. The van der Waals surface area contributed by atoms with Crippen LogP contribution in [-0.4, -0.2) is 40.0 Å². The Bertz CT molecular complexity index is 1510. The zero-order valence-corrected chi connectivity index (χ0v) is 23.9. The van der Waals surface area contributed by atoms with Crippen molar-refractivity contribution in [3.63, 3.8) is 0 Å². The number of amides is 3. The number of nitro benzene ring substituents is 1. The van der Waals surface area contributed by atoms with Gasteiger partial charge in [-0.2, -0.15) is 0 Å². The molecule has 1 aliphatic rings. The number of rotatable bonds is 10. The van der Waals surface area contributed by atoms with Crippen molar-refractivity contribution in [2.45, 2.75) is 20.5 Å². The zero-order valence-electron chi connectivity index (χ0n) is 21.5. The van der Waals surface area contributed by atoms with E-state index in [9.17, 15) is 24.5 Å². The minimum Gasteiger partial charge on any atom is -0.490 e. The Kier molecular flexibility index (Phi) is 9.22. The SMILES string of the molecule is CCOc1cc(/C=C2/SC(=O)N(CC(=O)Nc3cccc(C)c3)C2=O)cc(Br)c1OCc1ccc([N+](=O)[O-])cc1. The van der Waals surface area contributed by atoms with Gasteiger partial charge in [-0.15, -0.1) is 0 Å². The van der Waals surface area contributed by atoms with Crippen molar-refractivity contribution in [1.82, 2.24) is 4.90 Å². The molecule has 0 aromatic heterocycles. The lowest BCUT2D eigenvalue weighted by Gasteiger charge is -2.15. The number of anilines is 1. The summed E-state index contributed by atoms with van der Waals surface area (Å²) in [4.78, 5) is 49.5. The summed E-state index contributed by atoms with van der Waals surface area (Å²) in [6.45, 7) is 3.78. The van der Waals surface area contributed by atoms with E-state index < -0.39 is 28.5 Å². The average Bonchev–Trinajstić information content (AvgIpc) is 3.15. The number of nitrogens with one attached hydrogen (secondary N) is 1. The predicted molar refractivity (Wildman–Crippen MR) is 155 cm³/mol. The van der Waals surface area contributed by atoms with Crippen molar-refractivity contribution in [2.24, 2.45) is 0 Å². The number of hydrogen-bond acceptors (Lipinski definition) is 8. The molecule has 0 bridgehead atoms. The molecule has 1 aliphatic heterocycles. The van der Waals surface area contributed by atoms with E-state index in [1.165, 1.54) is 12.1 Å².